The first-order valence-corrected chi connectivity index (χ1v) is 7.35. The Morgan fingerprint density at radius 2 is 2.20 bits per heavy atom. The molecule has 0 radical (unpaired) electrons. The van der Waals surface area contributed by atoms with E-state index >= 15 is 0 Å². The summed E-state index contributed by atoms with van der Waals surface area (Å²) in [4.78, 5) is 15.0. The molecule has 108 valence electrons. The van der Waals surface area contributed by atoms with Gasteiger partial charge in [-0.05, 0) is 43.0 Å². The van der Waals surface area contributed by atoms with E-state index in [0.29, 0.717) is 6.54 Å². The molecule has 20 heavy (non-hydrogen) atoms. The summed E-state index contributed by atoms with van der Waals surface area (Å²) in [6, 6.07) is 5.92. The normalized spacial score (nSPS) is 12.4. The van der Waals surface area contributed by atoms with Gasteiger partial charge in [0.1, 0.15) is 5.75 Å². The third-order valence-corrected chi connectivity index (χ3v) is 4.92. The maximum Gasteiger partial charge on any atom is 0.264 e. The number of nitrogens with two attached hydrogens (primary N) is 1. The number of nitrogens with zero attached hydrogens (tertiary/aromatic N) is 1. The van der Waals surface area contributed by atoms with Crippen molar-refractivity contribution < 1.29 is 9.53 Å². The molecule has 2 aromatic rings. The fourth-order valence-electron chi connectivity index (χ4n) is 2.05. The van der Waals surface area contributed by atoms with Crippen LogP contribution < -0.4 is 10.5 Å². The maximum absolute atomic E-state index is 12.5. The predicted octanol–water partition coefficient (Wildman–Crippen LogP) is 2.64. The van der Waals surface area contributed by atoms with Crippen molar-refractivity contribution in [3.8, 4) is 5.75 Å². The molecule has 0 aliphatic carbocycles. The summed E-state index contributed by atoms with van der Waals surface area (Å²) in [5.41, 5.74) is 6.64. The van der Waals surface area contributed by atoms with Crippen LogP contribution in [-0.2, 0) is 0 Å². The first kappa shape index (κ1) is 14.8. The highest BCUT2D eigenvalue weighted by molar-refractivity contribution is 7.21. The minimum atomic E-state index is 0.0283. The third-order valence-electron chi connectivity index (χ3n) is 3.66. The Kier molecular flexibility index (Phi) is 4.30. The molecule has 0 aliphatic rings. The van der Waals surface area contributed by atoms with Crippen LogP contribution in [0.15, 0.2) is 18.2 Å². The molecule has 1 aromatic heterocycles. The van der Waals surface area contributed by atoms with Crippen molar-refractivity contribution in [1.29, 1.82) is 0 Å². The molecular formula is C15H20N2O2S. The molecule has 1 heterocycles. The van der Waals surface area contributed by atoms with E-state index in [2.05, 4.69) is 0 Å². The van der Waals surface area contributed by atoms with E-state index < -0.39 is 0 Å². The van der Waals surface area contributed by atoms with E-state index in [-0.39, 0.29) is 11.9 Å². The van der Waals surface area contributed by atoms with Gasteiger partial charge in [-0.3, -0.25) is 4.79 Å². The number of hydrogen-bond donors (Lipinski definition) is 1. The summed E-state index contributed by atoms with van der Waals surface area (Å²) in [5.74, 6) is 0.835. The Labute approximate surface area is 123 Å². The van der Waals surface area contributed by atoms with Crippen molar-refractivity contribution in [3.05, 3.63) is 28.6 Å². The lowest BCUT2D eigenvalue weighted by molar-refractivity contribution is 0.0752. The molecule has 5 heteroatoms. The van der Waals surface area contributed by atoms with Crippen LogP contribution in [-0.4, -0.2) is 37.6 Å². The van der Waals surface area contributed by atoms with Gasteiger partial charge in [-0.1, -0.05) is 0 Å². The average molecular weight is 292 g/mol. The van der Waals surface area contributed by atoms with E-state index in [4.69, 9.17) is 10.5 Å². The van der Waals surface area contributed by atoms with Gasteiger partial charge >= 0.3 is 0 Å². The van der Waals surface area contributed by atoms with Crippen LogP contribution in [0.2, 0.25) is 0 Å². The van der Waals surface area contributed by atoms with Gasteiger partial charge in [0.2, 0.25) is 0 Å². The average Bonchev–Trinajstić information content (AvgIpc) is 2.81. The quantitative estimate of drug-likeness (QED) is 0.942. The summed E-state index contributed by atoms with van der Waals surface area (Å²) in [6.07, 6.45) is 0. The zero-order valence-corrected chi connectivity index (χ0v) is 13.1. The smallest absolute Gasteiger partial charge is 0.264 e. The summed E-state index contributed by atoms with van der Waals surface area (Å²) in [6.45, 7) is 4.38. The van der Waals surface area contributed by atoms with Crippen molar-refractivity contribution in [2.45, 2.75) is 19.9 Å². The van der Waals surface area contributed by atoms with Gasteiger partial charge in [-0.25, -0.2) is 0 Å². The molecule has 1 unspecified atom stereocenters. The highest BCUT2D eigenvalue weighted by atomic mass is 32.1. The second kappa shape index (κ2) is 5.81. The van der Waals surface area contributed by atoms with Crippen molar-refractivity contribution in [2.75, 3.05) is 20.7 Å². The lowest BCUT2D eigenvalue weighted by atomic mass is 10.1. The van der Waals surface area contributed by atoms with Gasteiger partial charge < -0.3 is 15.4 Å². The van der Waals surface area contributed by atoms with Crippen LogP contribution in [0.5, 0.6) is 5.75 Å². The minimum absolute atomic E-state index is 0.0283. The van der Waals surface area contributed by atoms with E-state index in [1.54, 1.807) is 19.1 Å². The summed E-state index contributed by atoms with van der Waals surface area (Å²) in [7, 11) is 3.44. The molecule has 0 saturated heterocycles. The van der Waals surface area contributed by atoms with Crippen LogP contribution in [0.3, 0.4) is 0 Å². The van der Waals surface area contributed by atoms with E-state index in [1.807, 2.05) is 32.0 Å². The number of aryl methyl sites for hydroxylation is 1. The molecular weight excluding hydrogens is 272 g/mol. The number of carbonyl (C=O) groups excluding carboxylic acids is 1. The number of fused-ring (bicyclic) bond motifs is 1. The molecule has 1 atom stereocenters. The Balaban J connectivity index is 2.45. The minimum Gasteiger partial charge on any atom is -0.497 e. The number of carbonyl (C=O) groups is 1. The maximum atomic E-state index is 12.5. The lowest BCUT2D eigenvalue weighted by Gasteiger charge is -2.23. The molecule has 2 N–H and O–H groups in total. The second-order valence-electron chi connectivity index (χ2n) is 4.92. The van der Waals surface area contributed by atoms with E-state index in [1.165, 1.54) is 11.3 Å². The fourth-order valence-corrected chi connectivity index (χ4v) is 3.22. The van der Waals surface area contributed by atoms with Crippen molar-refractivity contribution >= 4 is 27.3 Å². The first-order chi connectivity index (χ1) is 9.49. The molecule has 1 aromatic carbocycles. The largest absolute Gasteiger partial charge is 0.497 e. The monoisotopic (exact) mass is 292 g/mol. The predicted molar refractivity (Wildman–Crippen MR) is 83.7 cm³/mol. The van der Waals surface area contributed by atoms with Gasteiger partial charge in [0.15, 0.2) is 0 Å². The van der Waals surface area contributed by atoms with Gasteiger partial charge in [0, 0.05) is 24.3 Å². The SMILES string of the molecule is COc1ccc2sc(C(=O)N(C)C(C)CN)c(C)c2c1. The number of ether oxygens (including phenoxy) is 1. The van der Waals surface area contributed by atoms with Crippen LogP contribution >= 0.6 is 11.3 Å². The van der Waals surface area contributed by atoms with Crippen LogP contribution in [0.1, 0.15) is 22.2 Å². The van der Waals surface area contributed by atoms with Crippen LogP contribution in [0.25, 0.3) is 10.1 Å². The number of benzene rings is 1. The van der Waals surface area contributed by atoms with Crippen molar-refractivity contribution in [1.82, 2.24) is 4.90 Å². The molecule has 0 aliphatic heterocycles. The van der Waals surface area contributed by atoms with Gasteiger partial charge in [0.05, 0.1) is 12.0 Å². The lowest BCUT2D eigenvalue weighted by Crippen LogP contribution is -2.39. The van der Waals surface area contributed by atoms with Gasteiger partial charge in [0.25, 0.3) is 5.91 Å². The van der Waals surface area contributed by atoms with Gasteiger partial charge in [-0.2, -0.15) is 0 Å². The fraction of sp³-hybridized carbons (Fsp3) is 0.400. The standard InChI is InChI=1S/C15H20N2O2S/c1-9(8-16)17(3)15(18)14-10(2)12-7-11(19-4)5-6-13(12)20-14/h5-7,9H,8,16H2,1-4H3. The number of thiophene rings is 1. The molecule has 0 spiro atoms. The van der Waals surface area contributed by atoms with E-state index in [0.717, 1.165) is 26.3 Å². The molecule has 0 fully saturated rings. The number of hydrogen-bond acceptors (Lipinski definition) is 4. The highest BCUT2D eigenvalue weighted by Crippen LogP contribution is 2.34. The number of amides is 1. The van der Waals surface area contributed by atoms with E-state index in [9.17, 15) is 4.79 Å². The number of likely N-dealkylation sites (N-methyl/N-ethyl adjacent to an activating group) is 1. The van der Waals surface area contributed by atoms with Gasteiger partial charge in [-0.15, -0.1) is 11.3 Å². The second-order valence-corrected chi connectivity index (χ2v) is 5.97. The summed E-state index contributed by atoms with van der Waals surface area (Å²) in [5, 5.41) is 1.08. The molecule has 0 saturated carbocycles. The molecule has 2 rings (SSSR count). The Morgan fingerprint density at radius 3 is 2.80 bits per heavy atom. The Morgan fingerprint density at radius 1 is 1.50 bits per heavy atom. The summed E-state index contributed by atoms with van der Waals surface area (Å²) < 4.78 is 6.34. The topological polar surface area (TPSA) is 55.6 Å². The number of methoxy groups -OCH3 is 1. The van der Waals surface area contributed by atoms with Crippen LogP contribution in [0.4, 0.5) is 0 Å². The highest BCUT2D eigenvalue weighted by Gasteiger charge is 2.21. The Bertz CT molecular complexity index is 636. The first-order valence-electron chi connectivity index (χ1n) is 6.54. The summed E-state index contributed by atoms with van der Waals surface area (Å²) >= 11 is 1.52. The molecule has 1 amide bonds. The van der Waals surface area contributed by atoms with Crippen LogP contribution in [0, 0.1) is 6.92 Å². The zero-order valence-electron chi connectivity index (χ0n) is 12.3. The molecule has 4 nitrogen and oxygen atoms in total. The van der Waals surface area contributed by atoms with Crippen molar-refractivity contribution in [3.63, 3.8) is 0 Å². The zero-order chi connectivity index (χ0) is 14.9. The number of rotatable bonds is 4. The molecule has 0 bridgehead atoms. The van der Waals surface area contributed by atoms with Crippen molar-refractivity contribution in [2.24, 2.45) is 5.73 Å². The third kappa shape index (κ3) is 2.51. The Hall–Kier alpha value is -1.59.